The zero-order valence-corrected chi connectivity index (χ0v) is 24.4. The number of thiazole rings is 1. The Morgan fingerprint density at radius 2 is 1.90 bits per heavy atom. The molecule has 204 valence electrons. The highest BCUT2D eigenvalue weighted by Crippen LogP contribution is 2.31. The summed E-state index contributed by atoms with van der Waals surface area (Å²) in [6.07, 6.45) is 2.45. The van der Waals surface area contributed by atoms with E-state index in [2.05, 4.69) is 66.3 Å². The Morgan fingerprint density at radius 3 is 2.62 bits per heavy atom. The molecule has 0 radical (unpaired) electrons. The SMILES string of the molecule is C=CCn1c(SCC(=O)Nc2ccc(-c3nc4ccc(C)cc4s3)cc2)nnc1C(C)Oc1ccc(CC)cc1. The molecule has 1 unspecified atom stereocenters. The number of benzene rings is 3. The van der Waals surface area contributed by atoms with Crippen molar-refractivity contribution >= 4 is 44.9 Å². The first kappa shape index (κ1) is 27.6. The minimum atomic E-state index is -0.318. The molecule has 2 aromatic heterocycles. The van der Waals surface area contributed by atoms with Crippen molar-refractivity contribution in [2.45, 2.75) is 45.0 Å². The maximum absolute atomic E-state index is 12.7. The molecule has 2 heterocycles. The van der Waals surface area contributed by atoms with E-state index in [4.69, 9.17) is 9.72 Å². The number of rotatable bonds is 11. The fourth-order valence-corrected chi connectivity index (χ4v) is 6.07. The van der Waals surface area contributed by atoms with Gasteiger partial charge < -0.3 is 10.1 Å². The van der Waals surface area contributed by atoms with Gasteiger partial charge >= 0.3 is 0 Å². The fourth-order valence-electron chi connectivity index (χ4n) is 4.25. The van der Waals surface area contributed by atoms with E-state index in [0.29, 0.717) is 17.5 Å². The first-order valence-corrected chi connectivity index (χ1v) is 14.9. The first-order valence-electron chi connectivity index (χ1n) is 13.1. The van der Waals surface area contributed by atoms with Gasteiger partial charge in [-0.05, 0) is 79.9 Å². The second-order valence-corrected chi connectivity index (χ2v) is 11.4. The molecule has 7 nitrogen and oxygen atoms in total. The van der Waals surface area contributed by atoms with Crippen LogP contribution in [0.1, 0.15) is 36.9 Å². The van der Waals surface area contributed by atoms with E-state index in [-0.39, 0.29) is 17.8 Å². The monoisotopic (exact) mass is 569 g/mol. The zero-order chi connectivity index (χ0) is 28.1. The van der Waals surface area contributed by atoms with Crippen LogP contribution in [-0.4, -0.2) is 31.4 Å². The fraction of sp³-hybridized carbons (Fsp3) is 0.226. The van der Waals surface area contributed by atoms with Gasteiger partial charge in [-0.3, -0.25) is 9.36 Å². The van der Waals surface area contributed by atoms with E-state index >= 15 is 0 Å². The number of nitrogens with one attached hydrogen (secondary N) is 1. The van der Waals surface area contributed by atoms with Gasteiger partial charge in [0.25, 0.3) is 0 Å². The lowest BCUT2D eigenvalue weighted by Gasteiger charge is -2.16. The largest absolute Gasteiger partial charge is 0.483 e. The number of allylic oxidation sites excluding steroid dienone is 1. The van der Waals surface area contributed by atoms with Crippen LogP contribution in [-0.2, 0) is 17.8 Å². The van der Waals surface area contributed by atoms with E-state index in [1.807, 2.05) is 47.9 Å². The van der Waals surface area contributed by atoms with Crippen molar-refractivity contribution in [3.63, 3.8) is 0 Å². The average molecular weight is 570 g/mol. The number of aromatic nitrogens is 4. The number of fused-ring (bicyclic) bond motifs is 1. The lowest BCUT2D eigenvalue weighted by atomic mass is 10.2. The maximum atomic E-state index is 12.7. The third-order valence-corrected chi connectivity index (χ3v) is 8.39. The van der Waals surface area contributed by atoms with Crippen LogP contribution >= 0.6 is 23.1 Å². The van der Waals surface area contributed by atoms with Gasteiger partial charge in [-0.15, -0.1) is 28.1 Å². The molecule has 5 rings (SSSR count). The lowest BCUT2D eigenvalue weighted by Crippen LogP contribution is -2.15. The van der Waals surface area contributed by atoms with Crippen LogP contribution in [0.4, 0.5) is 5.69 Å². The standard InChI is InChI=1S/C31H31N5O2S2/c1-5-17-36-29(21(4)38-25-14-8-22(6-2)9-15-25)34-35-31(36)39-19-28(37)32-24-12-10-23(11-13-24)30-33-26-16-7-20(3)18-27(26)40-30/h5,7-16,18,21H,1,6,17,19H2,2-4H3,(H,32,37). The predicted octanol–water partition coefficient (Wildman–Crippen LogP) is 7.48. The molecule has 1 N–H and O–H groups in total. The highest BCUT2D eigenvalue weighted by Gasteiger charge is 2.20. The minimum absolute atomic E-state index is 0.122. The number of thioether (sulfide) groups is 1. The van der Waals surface area contributed by atoms with Crippen molar-refractivity contribution in [3.05, 3.63) is 96.3 Å². The average Bonchev–Trinajstić information content (AvgIpc) is 3.57. The molecule has 40 heavy (non-hydrogen) atoms. The van der Waals surface area contributed by atoms with Gasteiger partial charge in [0.1, 0.15) is 10.8 Å². The minimum Gasteiger partial charge on any atom is -0.483 e. The number of nitrogens with zero attached hydrogens (tertiary/aromatic N) is 4. The number of ether oxygens (including phenoxy) is 1. The molecule has 0 aliphatic carbocycles. The van der Waals surface area contributed by atoms with E-state index in [1.165, 1.54) is 27.6 Å². The number of carbonyl (C=O) groups excluding carboxylic acids is 1. The van der Waals surface area contributed by atoms with Crippen LogP contribution < -0.4 is 10.1 Å². The van der Waals surface area contributed by atoms with Gasteiger partial charge in [0.05, 0.1) is 16.0 Å². The number of amides is 1. The molecular formula is C31H31N5O2S2. The van der Waals surface area contributed by atoms with Crippen molar-refractivity contribution in [2.75, 3.05) is 11.1 Å². The Morgan fingerprint density at radius 1 is 1.12 bits per heavy atom. The summed E-state index contributed by atoms with van der Waals surface area (Å²) in [5.74, 6) is 1.53. The number of hydrogen-bond donors (Lipinski definition) is 1. The Bertz CT molecular complexity index is 1620. The van der Waals surface area contributed by atoms with Crippen molar-refractivity contribution in [1.29, 1.82) is 0 Å². The molecule has 0 bridgehead atoms. The van der Waals surface area contributed by atoms with Crippen LogP contribution in [0.25, 0.3) is 20.8 Å². The summed E-state index contributed by atoms with van der Waals surface area (Å²) in [5.41, 5.74) is 5.23. The second-order valence-electron chi connectivity index (χ2n) is 9.40. The normalized spacial score (nSPS) is 11.9. The van der Waals surface area contributed by atoms with Crippen molar-refractivity contribution in [3.8, 4) is 16.3 Å². The highest BCUT2D eigenvalue weighted by molar-refractivity contribution is 7.99. The van der Waals surface area contributed by atoms with Gasteiger partial charge in [-0.1, -0.05) is 43.0 Å². The summed E-state index contributed by atoms with van der Waals surface area (Å²) in [5, 5.41) is 13.3. The van der Waals surface area contributed by atoms with Gasteiger partial charge in [0.15, 0.2) is 17.1 Å². The third kappa shape index (κ3) is 6.43. The molecule has 9 heteroatoms. The van der Waals surface area contributed by atoms with Crippen molar-refractivity contribution in [1.82, 2.24) is 19.7 Å². The lowest BCUT2D eigenvalue weighted by molar-refractivity contribution is -0.113. The molecule has 0 spiro atoms. The summed E-state index contributed by atoms with van der Waals surface area (Å²) in [4.78, 5) is 17.5. The summed E-state index contributed by atoms with van der Waals surface area (Å²) < 4.78 is 9.22. The third-order valence-electron chi connectivity index (χ3n) is 6.36. The van der Waals surface area contributed by atoms with Crippen LogP contribution in [0.15, 0.2) is 84.5 Å². The number of carbonyl (C=O) groups is 1. The maximum Gasteiger partial charge on any atom is 0.234 e. The molecule has 0 aliphatic heterocycles. The van der Waals surface area contributed by atoms with Crippen LogP contribution in [0.3, 0.4) is 0 Å². The molecule has 0 fully saturated rings. The van der Waals surface area contributed by atoms with E-state index in [9.17, 15) is 4.79 Å². The molecule has 3 aromatic carbocycles. The topological polar surface area (TPSA) is 81.9 Å². The first-order chi connectivity index (χ1) is 19.4. The molecule has 0 aliphatic rings. The predicted molar refractivity (Wildman–Crippen MR) is 164 cm³/mol. The summed E-state index contributed by atoms with van der Waals surface area (Å²) in [7, 11) is 0. The number of anilines is 1. The van der Waals surface area contributed by atoms with E-state index < -0.39 is 0 Å². The van der Waals surface area contributed by atoms with Gasteiger partial charge in [-0.25, -0.2) is 4.98 Å². The number of hydrogen-bond acceptors (Lipinski definition) is 7. The van der Waals surface area contributed by atoms with E-state index in [0.717, 1.165) is 33.9 Å². The Labute approximate surface area is 242 Å². The Balaban J connectivity index is 1.20. The van der Waals surface area contributed by atoms with Crippen LogP contribution in [0.5, 0.6) is 5.75 Å². The molecule has 1 atom stereocenters. The highest BCUT2D eigenvalue weighted by atomic mass is 32.2. The van der Waals surface area contributed by atoms with Gasteiger partial charge in [0, 0.05) is 17.8 Å². The van der Waals surface area contributed by atoms with Gasteiger partial charge in [-0.2, -0.15) is 0 Å². The molecule has 1 amide bonds. The second kappa shape index (κ2) is 12.5. The van der Waals surface area contributed by atoms with Crippen LogP contribution in [0.2, 0.25) is 0 Å². The Kier molecular flexibility index (Phi) is 8.62. The van der Waals surface area contributed by atoms with Crippen molar-refractivity contribution in [2.24, 2.45) is 0 Å². The van der Waals surface area contributed by atoms with E-state index in [1.54, 1.807) is 17.4 Å². The quantitative estimate of drug-likeness (QED) is 0.131. The smallest absolute Gasteiger partial charge is 0.234 e. The van der Waals surface area contributed by atoms with Crippen molar-refractivity contribution < 1.29 is 9.53 Å². The molecule has 5 aromatic rings. The van der Waals surface area contributed by atoms with Gasteiger partial charge in [0.2, 0.25) is 5.91 Å². The molecular weight excluding hydrogens is 539 g/mol. The Hall–Kier alpha value is -3.95. The summed E-state index contributed by atoms with van der Waals surface area (Å²) >= 11 is 3.00. The zero-order valence-electron chi connectivity index (χ0n) is 22.8. The number of aryl methyl sites for hydroxylation is 2. The molecule has 0 saturated carbocycles. The summed E-state index contributed by atoms with van der Waals surface area (Å²) in [6, 6.07) is 22.1. The molecule has 0 saturated heterocycles. The summed E-state index contributed by atoms with van der Waals surface area (Å²) in [6.45, 7) is 10.5. The van der Waals surface area contributed by atoms with Crippen LogP contribution in [0, 0.1) is 6.92 Å².